The van der Waals surface area contributed by atoms with Crippen LogP contribution < -0.4 is 5.73 Å². The lowest BCUT2D eigenvalue weighted by Gasteiger charge is -2.34. The zero-order chi connectivity index (χ0) is 14.3. The number of piperidine rings is 1. The van der Waals surface area contributed by atoms with E-state index in [-0.39, 0.29) is 11.8 Å². The molecule has 0 unspecified atom stereocenters. The third-order valence-corrected chi connectivity index (χ3v) is 4.19. The highest BCUT2D eigenvalue weighted by molar-refractivity contribution is 5.50. The molecule has 1 fully saturated rings. The monoisotopic (exact) mass is 277 g/mol. The van der Waals surface area contributed by atoms with E-state index >= 15 is 0 Å². The van der Waals surface area contributed by atoms with Crippen molar-refractivity contribution in [1.82, 2.24) is 19.5 Å². The molecule has 0 aliphatic carbocycles. The van der Waals surface area contributed by atoms with E-state index in [4.69, 9.17) is 5.73 Å². The summed E-state index contributed by atoms with van der Waals surface area (Å²) in [5.41, 5.74) is 6.93. The normalized spacial score (nSPS) is 18.2. The summed E-state index contributed by atoms with van der Waals surface area (Å²) in [4.78, 5) is 6.31. The van der Waals surface area contributed by atoms with Crippen molar-refractivity contribution in [2.45, 2.75) is 38.6 Å². The molecule has 0 bridgehead atoms. The Hall–Kier alpha value is -1.69. The Kier molecular flexibility index (Phi) is 3.33. The molecule has 6 heteroatoms. The van der Waals surface area contributed by atoms with E-state index in [9.17, 15) is 4.39 Å². The van der Waals surface area contributed by atoms with Crippen LogP contribution in [0, 0.1) is 5.82 Å². The molecular formula is C14H20FN5. The molecule has 0 saturated carbocycles. The fraction of sp³-hybridized carbons (Fsp3) is 0.571. The molecule has 1 saturated heterocycles. The van der Waals surface area contributed by atoms with E-state index < -0.39 is 0 Å². The quantitative estimate of drug-likeness (QED) is 0.912. The molecule has 3 heterocycles. The zero-order valence-electron chi connectivity index (χ0n) is 11.9. The van der Waals surface area contributed by atoms with Crippen molar-refractivity contribution in [2.75, 3.05) is 18.8 Å². The van der Waals surface area contributed by atoms with E-state index in [0.29, 0.717) is 17.5 Å². The Balaban J connectivity index is 1.90. The molecule has 1 aliphatic rings. The number of rotatable bonds is 2. The van der Waals surface area contributed by atoms with E-state index in [1.807, 2.05) is 0 Å². The summed E-state index contributed by atoms with van der Waals surface area (Å²) in [5, 5.41) is 4.16. The molecule has 1 aliphatic heterocycles. The van der Waals surface area contributed by atoms with Gasteiger partial charge in [0.2, 0.25) is 5.95 Å². The third-order valence-electron chi connectivity index (χ3n) is 4.19. The van der Waals surface area contributed by atoms with Gasteiger partial charge in [0.05, 0.1) is 6.20 Å². The van der Waals surface area contributed by atoms with Crippen LogP contribution in [-0.4, -0.2) is 38.6 Å². The summed E-state index contributed by atoms with van der Waals surface area (Å²) < 4.78 is 15.6. The van der Waals surface area contributed by atoms with Gasteiger partial charge in [-0.3, -0.25) is 0 Å². The van der Waals surface area contributed by atoms with Crippen LogP contribution in [-0.2, 0) is 0 Å². The average Bonchev–Trinajstić information content (AvgIpc) is 2.75. The van der Waals surface area contributed by atoms with Crippen molar-refractivity contribution in [3.8, 4) is 0 Å². The summed E-state index contributed by atoms with van der Waals surface area (Å²) in [6.45, 7) is 6.50. The molecule has 2 N–H and O–H groups in total. The maximum atomic E-state index is 13.9. The number of fused-ring (bicyclic) bond motifs is 1. The number of nitrogens with two attached hydrogens (primary N) is 1. The number of aromatic nitrogens is 3. The Bertz CT molecular complexity index is 613. The van der Waals surface area contributed by atoms with Crippen molar-refractivity contribution in [1.29, 1.82) is 0 Å². The second kappa shape index (κ2) is 5.01. The van der Waals surface area contributed by atoms with Gasteiger partial charge in [-0.2, -0.15) is 0 Å². The smallest absolute Gasteiger partial charge is 0.238 e. The average molecular weight is 277 g/mol. The van der Waals surface area contributed by atoms with Gasteiger partial charge < -0.3 is 10.6 Å². The maximum absolute atomic E-state index is 13.9. The summed E-state index contributed by atoms with van der Waals surface area (Å²) >= 11 is 0. The zero-order valence-corrected chi connectivity index (χ0v) is 11.9. The number of anilines is 1. The van der Waals surface area contributed by atoms with E-state index in [1.54, 1.807) is 10.6 Å². The van der Waals surface area contributed by atoms with Crippen molar-refractivity contribution in [2.24, 2.45) is 0 Å². The highest BCUT2D eigenvalue weighted by Gasteiger charge is 2.25. The van der Waals surface area contributed by atoms with Gasteiger partial charge >= 0.3 is 0 Å². The van der Waals surface area contributed by atoms with E-state index in [1.165, 1.54) is 6.20 Å². The fourth-order valence-electron chi connectivity index (χ4n) is 2.99. The molecule has 5 nitrogen and oxygen atoms in total. The van der Waals surface area contributed by atoms with Crippen LogP contribution in [0.4, 0.5) is 10.3 Å². The number of halogens is 1. The van der Waals surface area contributed by atoms with Gasteiger partial charge in [-0.05, 0) is 45.8 Å². The molecule has 0 spiro atoms. The Morgan fingerprint density at radius 3 is 2.70 bits per heavy atom. The molecule has 2 aromatic rings. The van der Waals surface area contributed by atoms with Crippen LogP contribution in [0.2, 0.25) is 0 Å². The minimum atomic E-state index is -0.272. The third kappa shape index (κ3) is 2.24. The molecular weight excluding hydrogens is 257 g/mol. The van der Waals surface area contributed by atoms with Gasteiger partial charge in [0.25, 0.3) is 0 Å². The van der Waals surface area contributed by atoms with Crippen molar-refractivity contribution >= 4 is 11.5 Å². The molecule has 0 aromatic carbocycles. The van der Waals surface area contributed by atoms with Crippen molar-refractivity contribution in [3.63, 3.8) is 0 Å². The lowest BCUT2D eigenvalue weighted by Crippen LogP contribution is -2.38. The number of hydrogen-bond donors (Lipinski definition) is 1. The second-order valence-corrected chi connectivity index (χ2v) is 5.73. The Morgan fingerprint density at radius 1 is 1.35 bits per heavy atom. The first-order valence-corrected chi connectivity index (χ1v) is 7.10. The number of nitrogen functional groups attached to an aromatic ring is 1. The summed E-state index contributed by atoms with van der Waals surface area (Å²) in [6, 6.07) is 2.15. The lowest BCUT2D eigenvalue weighted by atomic mass is 9.93. The number of hydrogen-bond acceptors (Lipinski definition) is 4. The predicted molar refractivity (Wildman–Crippen MR) is 76.0 cm³/mol. The van der Waals surface area contributed by atoms with Gasteiger partial charge in [0, 0.05) is 17.7 Å². The first-order chi connectivity index (χ1) is 9.56. The van der Waals surface area contributed by atoms with Gasteiger partial charge in [-0.25, -0.2) is 13.9 Å². The molecule has 2 aromatic heterocycles. The molecule has 108 valence electrons. The molecule has 20 heavy (non-hydrogen) atoms. The highest BCUT2D eigenvalue weighted by atomic mass is 19.1. The molecule has 3 rings (SSSR count). The summed E-state index contributed by atoms with van der Waals surface area (Å²) in [7, 11) is 0. The number of nitrogens with zero attached hydrogens (tertiary/aromatic N) is 4. The van der Waals surface area contributed by atoms with Gasteiger partial charge in [0.1, 0.15) is 5.52 Å². The number of likely N-dealkylation sites (tertiary alicyclic amines) is 1. The van der Waals surface area contributed by atoms with Gasteiger partial charge in [-0.15, -0.1) is 5.10 Å². The predicted octanol–water partition coefficient (Wildman–Crippen LogP) is 2.04. The Morgan fingerprint density at radius 2 is 2.05 bits per heavy atom. The van der Waals surface area contributed by atoms with Crippen LogP contribution in [0.25, 0.3) is 5.52 Å². The van der Waals surface area contributed by atoms with E-state index in [0.717, 1.165) is 31.6 Å². The van der Waals surface area contributed by atoms with Gasteiger partial charge in [-0.1, -0.05) is 0 Å². The van der Waals surface area contributed by atoms with Crippen LogP contribution in [0.1, 0.15) is 38.3 Å². The molecule has 0 radical (unpaired) electrons. The van der Waals surface area contributed by atoms with Gasteiger partial charge in [0.15, 0.2) is 5.82 Å². The van der Waals surface area contributed by atoms with Crippen molar-refractivity contribution < 1.29 is 4.39 Å². The summed E-state index contributed by atoms with van der Waals surface area (Å²) in [6.07, 6.45) is 3.49. The highest BCUT2D eigenvalue weighted by Crippen LogP contribution is 2.30. The topological polar surface area (TPSA) is 59.5 Å². The first kappa shape index (κ1) is 13.3. The largest absolute Gasteiger partial charge is 0.367 e. The van der Waals surface area contributed by atoms with E-state index in [2.05, 4.69) is 28.8 Å². The van der Waals surface area contributed by atoms with Crippen LogP contribution in [0.5, 0.6) is 0 Å². The fourth-order valence-corrected chi connectivity index (χ4v) is 2.99. The lowest BCUT2D eigenvalue weighted by molar-refractivity contribution is 0.170. The Labute approximate surface area is 117 Å². The van der Waals surface area contributed by atoms with Crippen LogP contribution in [0.15, 0.2) is 12.3 Å². The van der Waals surface area contributed by atoms with Crippen molar-refractivity contribution in [3.05, 3.63) is 23.8 Å². The minimum Gasteiger partial charge on any atom is -0.367 e. The summed E-state index contributed by atoms with van der Waals surface area (Å²) in [5.74, 6) is 0.233. The first-order valence-electron chi connectivity index (χ1n) is 7.10. The standard InChI is InChI=1S/C14H20FN5/c1-9(2)19-5-3-10(4-6-19)12-7-11(15)13-8-17-14(16)18-20(12)13/h7-10H,3-6H2,1-2H3,(H2,16,18). The van der Waals surface area contributed by atoms with Crippen LogP contribution >= 0.6 is 0 Å². The minimum absolute atomic E-state index is 0.175. The SMILES string of the molecule is CC(C)N1CCC(c2cc(F)c3cnc(N)nn23)CC1. The second-order valence-electron chi connectivity index (χ2n) is 5.73. The maximum Gasteiger partial charge on any atom is 0.238 e. The molecule has 0 atom stereocenters. The molecule has 0 amide bonds. The van der Waals surface area contributed by atoms with Crippen LogP contribution in [0.3, 0.4) is 0 Å².